The molecule has 0 spiro atoms. The smallest absolute Gasteiger partial charge is 0.345 e. The number of benzene rings is 2. The summed E-state index contributed by atoms with van der Waals surface area (Å²) in [7, 11) is -4.72. The standard InChI is InChI=1S/C22H11F8N3O3S/c23-14-5-6-15(33-37(35,36)11-3-1-10(2-4-11)21(25,26)27)18(24)17(14)19(34)12-9-32-20-16(12)13(7-8-31-20)22(28,29)30/h1-9,33H,(H,31,32). The van der Waals surface area contributed by atoms with Crippen molar-refractivity contribution in [2.45, 2.75) is 17.2 Å². The van der Waals surface area contributed by atoms with E-state index in [2.05, 4.69) is 9.97 Å². The first-order chi connectivity index (χ1) is 17.1. The van der Waals surface area contributed by atoms with Crippen molar-refractivity contribution in [1.82, 2.24) is 9.97 Å². The molecule has 0 aliphatic heterocycles. The van der Waals surface area contributed by atoms with Gasteiger partial charge in [0.2, 0.25) is 5.78 Å². The van der Waals surface area contributed by atoms with Crippen LogP contribution < -0.4 is 4.72 Å². The zero-order valence-electron chi connectivity index (χ0n) is 17.8. The Morgan fingerprint density at radius 1 is 0.892 bits per heavy atom. The Morgan fingerprint density at radius 3 is 2.14 bits per heavy atom. The SMILES string of the molecule is O=C(c1c(F)ccc(NS(=O)(=O)c2ccc(C(F)(F)F)cc2)c1F)c1c[nH]c2nccc(C(F)(F)F)c12. The maximum Gasteiger partial charge on any atom is 0.417 e. The van der Waals surface area contributed by atoms with Gasteiger partial charge in [0.25, 0.3) is 10.0 Å². The molecule has 0 radical (unpaired) electrons. The first-order valence-electron chi connectivity index (χ1n) is 9.87. The van der Waals surface area contributed by atoms with E-state index in [1.54, 1.807) is 4.72 Å². The van der Waals surface area contributed by atoms with Crippen molar-refractivity contribution in [2.75, 3.05) is 4.72 Å². The van der Waals surface area contributed by atoms with Gasteiger partial charge < -0.3 is 4.98 Å². The van der Waals surface area contributed by atoms with Gasteiger partial charge in [0.1, 0.15) is 11.5 Å². The molecule has 194 valence electrons. The largest absolute Gasteiger partial charge is 0.417 e. The topological polar surface area (TPSA) is 91.9 Å². The van der Waals surface area contributed by atoms with Gasteiger partial charge in [-0.1, -0.05) is 0 Å². The Kier molecular flexibility index (Phi) is 6.22. The second-order valence-corrected chi connectivity index (χ2v) is 9.21. The number of aromatic nitrogens is 2. The van der Waals surface area contributed by atoms with Gasteiger partial charge in [0, 0.05) is 17.8 Å². The second kappa shape index (κ2) is 8.83. The normalized spacial score (nSPS) is 12.6. The molecular formula is C22H11F8N3O3S. The third-order valence-corrected chi connectivity index (χ3v) is 6.56. The maximum absolute atomic E-state index is 15.2. The summed E-state index contributed by atoms with van der Waals surface area (Å²) < 4.78 is 135. The number of alkyl halides is 6. The predicted molar refractivity (Wildman–Crippen MR) is 113 cm³/mol. The second-order valence-electron chi connectivity index (χ2n) is 7.52. The zero-order valence-corrected chi connectivity index (χ0v) is 18.6. The average Bonchev–Trinajstić information content (AvgIpc) is 3.24. The minimum Gasteiger partial charge on any atom is -0.345 e. The van der Waals surface area contributed by atoms with Gasteiger partial charge in [-0.25, -0.2) is 22.2 Å². The van der Waals surface area contributed by atoms with Gasteiger partial charge in [-0.2, -0.15) is 26.3 Å². The van der Waals surface area contributed by atoms with Gasteiger partial charge in [0.15, 0.2) is 5.82 Å². The van der Waals surface area contributed by atoms with Gasteiger partial charge in [0.05, 0.1) is 32.8 Å². The zero-order chi connectivity index (χ0) is 27.3. The van der Waals surface area contributed by atoms with Crippen LogP contribution in [0.15, 0.2) is 59.8 Å². The summed E-state index contributed by atoms with van der Waals surface area (Å²) in [5.74, 6) is -4.81. The number of rotatable bonds is 5. The molecule has 2 heterocycles. The highest BCUT2D eigenvalue weighted by Crippen LogP contribution is 2.37. The molecule has 2 N–H and O–H groups in total. The number of carbonyl (C=O) groups is 1. The fourth-order valence-electron chi connectivity index (χ4n) is 3.47. The Labute approximate surface area is 202 Å². The van der Waals surface area contributed by atoms with Crippen LogP contribution in [0.1, 0.15) is 27.0 Å². The predicted octanol–water partition coefficient (Wildman–Crippen LogP) is 5.91. The van der Waals surface area contributed by atoms with Gasteiger partial charge in [-0.05, 0) is 42.5 Å². The number of ketones is 1. The van der Waals surface area contributed by atoms with Crippen LogP contribution in [0.5, 0.6) is 0 Å². The molecule has 0 aliphatic carbocycles. The first-order valence-corrected chi connectivity index (χ1v) is 11.4. The van der Waals surface area contributed by atoms with E-state index >= 15 is 4.39 Å². The molecule has 4 aromatic rings. The molecule has 0 saturated heterocycles. The highest BCUT2D eigenvalue weighted by molar-refractivity contribution is 7.92. The Bertz CT molecular complexity index is 1630. The van der Waals surface area contributed by atoms with E-state index in [4.69, 9.17) is 0 Å². The van der Waals surface area contributed by atoms with Crippen molar-refractivity contribution < 1.29 is 48.3 Å². The van der Waals surface area contributed by atoms with Crippen molar-refractivity contribution in [3.63, 3.8) is 0 Å². The van der Waals surface area contributed by atoms with E-state index in [0.29, 0.717) is 42.5 Å². The number of aromatic amines is 1. The number of anilines is 1. The fourth-order valence-corrected chi connectivity index (χ4v) is 4.53. The number of nitrogens with one attached hydrogen (secondary N) is 2. The number of carbonyl (C=O) groups excluding carboxylic acids is 1. The lowest BCUT2D eigenvalue weighted by Gasteiger charge is -2.13. The summed E-state index contributed by atoms with van der Waals surface area (Å²) in [6, 6.07) is 3.78. The van der Waals surface area contributed by atoms with Crippen LogP contribution in [-0.4, -0.2) is 24.2 Å². The van der Waals surface area contributed by atoms with Crippen LogP contribution in [0.4, 0.5) is 40.8 Å². The minimum absolute atomic E-state index is 0.391. The number of H-pyrrole nitrogens is 1. The van der Waals surface area contributed by atoms with E-state index in [0.717, 1.165) is 12.4 Å². The summed E-state index contributed by atoms with van der Waals surface area (Å²) in [5, 5.41) is -0.755. The van der Waals surface area contributed by atoms with Crippen LogP contribution in [0, 0.1) is 11.6 Å². The molecule has 0 aliphatic rings. The molecule has 6 nitrogen and oxygen atoms in total. The number of pyridine rings is 1. The Hall–Kier alpha value is -4.01. The monoisotopic (exact) mass is 549 g/mol. The highest BCUT2D eigenvalue weighted by atomic mass is 32.2. The molecule has 0 fully saturated rings. The molecule has 4 rings (SSSR count). The van der Waals surface area contributed by atoms with Crippen molar-refractivity contribution in [3.05, 3.63) is 88.7 Å². The summed E-state index contributed by atoms with van der Waals surface area (Å²) in [5.41, 5.74) is -5.97. The lowest BCUT2D eigenvalue weighted by molar-refractivity contribution is -0.138. The van der Waals surface area contributed by atoms with Gasteiger partial charge >= 0.3 is 12.4 Å². The quantitative estimate of drug-likeness (QED) is 0.239. The van der Waals surface area contributed by atoms with Crippen LogP contribution in [0.2, 0.25) is 0 Å². The molecule has 0 amide bonds. The lowest BCUT2D eigenvalue weighted by Crippen LogP contribution is -2.17. The number of nitrogens with zero attached hydrogens (tertiary/aromatic N) is 1. The molecule has 37 heavy (non-hydrogen) atoms. The van der Waals surface area contributed by atoms with Crippen LogP contribution >= 0.6 is 0 Å². The molecule has 0 atom stereocenters. The summed E-state index contributed by atoms with van der Waals surface area (Å²) in [6.45, 7) is 0. The molecule has 0 saturated carbocycles. The number of halogens is 8. The van der Waals surface area contributed by atoms with E-state index < -0.39 is 83.7 Å². The lowest BCUT2D eigenvalue weighted by atomic mass is 9.99. The summed E-state index contributed by atoms with van der Waals surface area (Å²) in [6.07, 6.45) is -8.12. The fraction of sp³-hybridized carbons (Fsp3) is 0.0909. The van der Waals surface area contributed by atoms with Crippen LogP contribution in [-0.2, 0) is 22.4 Å². The van der Waals surface area contributed by atoms with Gasteiger partial charge in [-0.3, -0.25) is 9.52 Å². The van der Waals surface area contributed by atoms with Crippen molar-refractivity contribution in [1.29, 1.82) is 0 Å². The number of hydrogen-bond donors (Lipinski definition) is 2. The summed E-state index contributed by atoms with van der Waals surface area (Å²) >= 11 is 0. The van der Waals surface area contributed by atoms with Crippen molar-refractivity contribution in [3.8, 4) is 0 Å². The van der Waals surface area contributed by atoms with E-state index in [-0.39, 0.29) is 0 Å². The Balaban J connectivity index is 1.76. The molecule has 2 aromatic heterocycles. The van der Waals surface area contributed by atoms with E-state index in [1.807, 2.05) is 0 Å². The number of hydrogen-bond acceptors (Lipinski definition) is 4. The van der Waals surface area contributed by atoms with E-state index in [1.165, 1.54) is 0 Å². The Morgan fingerprint density at radius 2 is 1.54 bits per heavy atom. The molecule has 0 bridgehead atoms. The van der Waals surface area contributed by atoms with E-state index in [9.17, 15) is 43.9 Å². The van der Waals surface area contributed by atoms with Gasteiger partial charge in [-0.15, -0.1) is 0 Å². The molecule has 15 heteroatoms. The van der Waals surface area contributed by atoms with Crippen LogP contribution in [0.3, 0.4) is 0 Å². The first kappa shape index (κ1) is 26.1. The average molecular weight is 549 g/mol. The molecular weight excluding hydrogens is 538 g/mol. The molecule has 2 aromatic carbocycles. The maximum atomic E-state index is 15.2. The van der Waals surface area contributed by atoms with Crippen molar-refractivity contribution >= 4 is 32.5 Å². The summed E-state index contributed by atoms with van der Waals surface area (Å²) in [4.78, 5) is 18.2. The van der Waals surface area contributed by atoms with Crippen LogP contribution in [0.25, 0.3) is 11.0 Å². The number of fused-ring (bicyclic) bond motifs is 1. The van der Waals surface area contributed by atoms with Crippen molar-refractivity contribution in [2.24, 2.45) is 0 Å². The number of sulfonamides is 1. The third-order valence-electron chi connectivity index (χ3n) is 5.18. The molecule has 0 unspecified atom stereocenters. The highest BCUT2D eigenvalue weighted by Gasteiger charge is 2.36. The third kappa shape index (κ3) is 4.85. The minimum atomic E-state index is -4.95.